The Morgan fingerprint density at radius 1 is 0.960 bits per heavy atom. The standard InChI is InChI=1S/C18H32O7/c1-4-7-9-14(6-3)13-25-16(20)12-18(23,17(21)22)11-15(19)24-10-8-5-2/h14,23H,4-13H2,1-3H3,(H,21,22). The van der Waals surface area contributed by atoms with Crippen molar-refractivity contribution in [2.24, 2.45) is 5.92 Å². The Bertz CT molecular complexity index is 422. The van der Waals surface area contributed by atoms with Gasteiger partial charge in [-0.1, -0.05) is 46.5 Å². The fourth-order valence-corrected chi connectivity index (χ4v) is 2.23. The summed E-state index contributed by atoms with van der Waals surface area (Å²) < 4.78 is 9.96. The summed E-state index contributed by atoms with van der Waals surface area (Å²) >= 11 is 0. The highest BCUT2D eigenvalue weighted by Crippen LogP contribution is 2.19. The molecule has 0 saturated heterocycles. The quantitative estimate of drug-likeness (QED) is 0.362. The second kappa shape index (κ2) is 12.7. The van der Waals surface area contributed by atoms with Gasteiger partial charge in [-0.05, 0) is 18.8 Å². The zero-order valence-electron chi connectivity index (χ0n) is 15.6. The second-order valence-electron chi connectivity index (χ2n) is 6.36. The average molecular weight is 360 g/mol. The first-order chi connectivity index (χ1) is 11.8. The molecule has 2 unspecified atom stereocenters. The molecule has 2 atom stereocenters. The van der Waals surface area contributed by atoms with Gasteiger partial charge < -0.3 is 19.7 Å². The van der Waals surface area contributed by atoms with E-state index in [4.69, 9.17) is 9.47 Å². The predicted molar refractivity (Wildman–Crippen MR) is 92.0 cm³/mol. The molecule has 0 saturated carbocycles. The second-order valence-corrected chi connectivity index (χ2v) is 6.36. The van der Waals surface area contributed by atoms with Crippen LogP contribution in [0.2, 0.25) is 0 Å². The van der Waals surface area contributed by atoms with Gasteiger partial charge in [0.15, 0.2) is 5.60 Å². The first kappa shape index (κ1) is 23.4. The number of carboxylic acid groups (broad SMARTS) is 1. The molecule has 0 radical (unpaired) electrons. The Labute approximate surface area is 149 Å². The van der Waals surface area contributed by atoms with Gasteiger partial charge in [-0.2, -0.15) is 0 Å². The molecule has 0 aliphatic rings. The van der Waals surface area contributed by atoms with Gasteiger partial charge in [0.05, 0.1) is 26.1 Å². The number of ether oxygens (including phenoxy) is 2. The average Bonchev–Trinajstić information content (AvgIpc) is 2.55. The lowest BCUT2D eigenvalue weighted by Crippen LogP contribution is -2.43. The smallest absolute Gasteiger partial charge is 0.336 e. The minimum atomic E-state index is -2.51. The number of esters is 2. The minimum absolute atomic E-state index is 0.158. The van der Waals surface area contributed by atoms with E-state index >= 15 is 0 Å². The Morgan fingerprint density at radius 3 is 2.00 bits per heavy atom. The van der Waals surface area contributed by atoms with Crippen molar-refractivity contribution in [1.29, 1.82) is 0 Å². The van der Waals surface area contributed by atoms with Crippen LogP contribution in [-0.2, 0) is 23.9 Å². The van der Waals surface area contributed by atoms with Gasteiger partial charge >= 0.3 is 17.9 Å². The molecular formula is C18H32O7. The highest BCUT2D eigenvalue weighted by atomic mass is 16.5. The Balaban J connectivity index is 4.54. The maximum absolute atomic E-state index is 11.9. The van der Waals surface area contributed by atoms with E-state index in [-0.39, 0.29) is 19.1 Å². The molecule has 2 N–H and O–H groups in total. The Hall–Kier alpha value is -1.63. The van der Waals surface area contributed by atoms with Crippen molar-refractivity contribution in [2.75, 3.05) is 13.2 Å². The highest BCUT2D eigenvalue weighted by Gasteiger charge is 2.42. The molecular weight excluding hydrogens is 328 g/mol. The predicted octanol–water partition coefficient (Wildman–Crippen LogP) is 2.69. The molecule has 0 heterocycles. The van der Waals surface area contributed by atoms with Gasteiger partial charge in [-0.3, -0.25) is 9.59 Å². The fraction of sp³-hybridized carbons (Fsp3) is 0.833. The molecule has 146 valence electrons. The van der Waals surface area contributed by atoms with Crippen LogP contribution in [0.5, 0.6) is 0 Å². The third-order valence-corrected chi connectivity index (χ3v) is 4.06. The van der Waals surface area contributed by atoms with Crippen molar-refractivity contribution in [3.63, 3.8) is 0 Å². The summed E-state index contributed by atoms with van der Waals surface area (Å²) in [7, 11) is 0. The van der Waals surface area contributed by atoms with Crippen LogP contribution in [0.25, 0.3) is 0 Å². The van der Waals surface area contributed by atoms with Gasteiger partial charge in [0.1, 0.15) is 0 Å². The van der Waals surface area contributed by atoms with Crippen LogP contribution in [0.15, 0.2) is 0 Å². The largest absolute Gasteiger partial charge is 0.479 e. The molecule has 0 aromatic rings. The topological polar surface area (TPSA) is 110 Å². The summed E-state index contributed by atoms with van der Waals surface area (Å²) in [6.45, 7) is 6.33. The molecule has 7 nitrogen and oxygen atoms in total. The first-order valence-corrected chi connectivity index (χ1v) is 9.06. The zero-order valence-corrected chi connectivity index (χ0v) is 15.6. The van der Waals surface area contributed by atoms with Gasteiger partial charge in [-0.15, -0.1) is 0 Å². The number of carboxylic acids is 1. The molecule has 0 aliphatic heterocycles. The van der Waals surface area contributed by atoms with E-state index < -0.39 is 36.4 Å². The van der Waals surface area contributed by atoms with Crippen LogP contribution in [0.4, 0.5) is 0 Å². The lowest BCUT2D eigenvalue weighted by molar-refractivity contribution is -0.173. The number of hydrogen-bond acceptors (Lipinski definition) is 6. The maximum Gasteiger partial charge on any atom is 0.336 e. The van der Waals surface area contributed by atoms with E-state index in [2.05, 4.69) is 6.92 Å². The summed E-state index contributed by atoms with van der Waals surface area (Å²) in [6.07, 6.45) is 3.74. The van der Waals surface area contributed by atoms with Crippen LogP contribution in [0.3, 0.4) is 0 Å². The zero-order chi connectivity index (χ0) is 19.3. The van der Waals surface area contributed by atoms with Crippen LogP contribution in [0, 0.1) is 5.92 Å². The normalized spacial score (nSPS) is 14.4. The van der Waals surface area contributed by atoms with Crippen LogP contribution in [-0.4, -0.2) is 46.9 Å². The Morgan fingerprint density at radius 2 is 1.52 bits per heavy atom. The number of carbonyl (C=O) groups is 3. The van der Waals surface area contributed by atoms with Gasteiger partial charge in [-0.25, -0.2) is 4.79 Å². The molecule has 0 spiro atoms. The number of aliphatic carboxylic acids is 1. The van der Waals surface area contributed by atoms with E-state index in [0.29, 0.717) is 6.42 Å². The van der Waals surface area contributed by atoms with E-state index in [1.807, 2.05) is 13.8 Å². The van der Waals surface area contributed by atoms with Gasteiger partial charge in [0.25, 0.3) is 0 Å². The lowest BCUT2D eigenvalue weighted by Gasteiger charge is -2.22. The van der Waals surface area contributed by atoms with Crippen molar-refractivity contribution >= 4 is 17.9 Å². The van der Waals surface area contributed by atoms with Crippen LogP contribution in [0.1, 0.15) is 72.1 Å². The number of hydrogen-bond donors (Lipinski definition) is 2. The van der Waals surface area contributed by atoms with Crippen molar-refractivity contribution < 1.29 is 34.1 Å². The SMILES string of the molecule is CCCCOC(=O)CC(O)(CC(=O)OCC(CC)CCCC)C(=O)O. The molecule has 25 heavy (non-hydrogen) atoms. The van der Waals surface area contributed by atoms with Crippen LogP contribution < -0.4 is 0 Å². The van der Waals surface area contributed by atoms with Crippen molar-refractivity contribution in [1.82, 2.24) is 0 Å². The van der Waals surface area contributed by atoms with Gasteiger partial charge in [0.2, 0.25) is 0 Å². The van der Waals surface area contributed by atoms with E-state index in [1.54, 1.807) is 0 Å². The van der Waals surface area contributed by atoms with Crippen molar-refractivity contribution in [3.8, 4) is 0 Å². The molecule has 0 fully saturated rings. The first-order valence-electron chi connectivity index (χ1n) is 9.06. The Kier molecular flexibility index (Phi) is 11.9. The molecule has 7 heteroatoms. The summed E-state index contributed by atoms with van der Waals surface area (Å²) in [5.74, 6) is -3.11. The van der Waals surface area contributed by atoms with Crippen molar-refractivity contribution in [3.05, 3.63) is 0 Å². The summed E-state index contributed by atoms with van der Waals surface area (Å²) in [4.78, 5) is 34.8. The summed E-state index contributed by atoms with van der Waals surface area (Å²) in [6, 6.07) is 0. The van der Waals surface area contributed by atoms with Crippen LogP contribution >= 0.6 is 0 Å². The maximum atomic E-state index is 11.9. The summed E-state index contributed by atoms with van der Waals surface area (Å²) in [5, 5.41) is 19.3. The molecule has 0 aromatic carbocycles. The lowest BCUT2D eigenvalue weighted by atomic mass is 9.95. The van der Waals surface area contributed by atoms with Gasteiger partial charge in [0, 0.05) is 0 Å². The molecule has 0 aromatic heterocycles. The minimum Gasteiger partial charge on any atom is -0.479 e. The third kappa shape index (κ3) is 10.1. The monoisotopic (exact) mass is 360 g/mol. The number of carbonyl (C=O) groups excluding carboxylic acids is 2. The molecule has 0 bridgehead atoms. The van der Waals surface area contributed by atoms with E-state index in [1.165, 1.54) is 0 Å². The fourth-order valence-electron chi connectivity index (χ4n) is 2.23. The molecule has 0 aliphatic carbocycles. The summed E-state index contributed by atoms with van der Waals surface area (Å²) in [5.41, 5.74) is -2.51. The van der Waals surface area contributed by atoms with Crippen molar-refractivity contribution in [2.45, 2.75) is 77.7 Å². The molecule has 0 amide bonds. The number of rotatable bonds is 14. The number of aliphatic hydroxyl groups is 1. The van der Waals surface area contributed by atoms with E-state index in [0.717, 1.165) is 32.1 Å². The van der Waals surface area contributed by atoms with E-state index in [9.17, 15) is 24.6 Å². The highest BCUT2D eigenvalue weighted by molar-refractivity contribution is 5.88. The number of unbranched alkanes of at least 4 members (excludes halogenated alkanes) is 2. The molecule has 0 rings (SSSR count). The third-order valence-electron chi connectivity index (χ3n) is 4.06.